The van der Waals surface area contributed by atoms with Crippen LogP contribution in [-0.4, -0.2) is 25.9 Å². The highest BCUT2D eigenvalue weighted by Crippen LogP contribution is 2.09. The van der Waals surface area contributed by atoms with Crippen molar-refractivity contribution in [3.63, 3.8) is 0 Å². The number of nitrogens with zero attached hydrogens (tertiary/aromatic N) is 2. The molecule has 0 aliphatic heterocycles. The second-order valence-electron chi connectivity index (χ2n) is 4.01. The molecule has 0 aliphatic rings. The Hall–Kier alpha value is -0.333. The van der Waals surface area contributed by atoms with E-state index in [0.717, 1.165) is 19.5 Å². The van der Waals surface area contributed by atoms with Crippen LogP contribution in [0.3, 0.4) is 0 Å². The molecule has 0 radical (unpaired) electrons. The SMILES string of the molecule is CCN(CCCC#N)[Si](C)(C)C. The van der Waals surface area contributed by atoms with Crippen LogP contribution in [-0.2, 0) is 0 Å². The first-order valence-electron chi connectivity index (χ1n) is 4.64. The highest BCUT2D eigenvalue weighted by atomic mass is 28.3. The summed E-state index contributed by atoms with van der Waals surface area (Å²) in [6, 6.07) is 2.19. The molecular formula is C9H20N2Si. The van der Waals surface area contributed by atoms with E-state index in [0.29, 0.717) is 6.42 Å². The van der Waals surface area contributed by atoms with Crippen molar-refractivity contribution in [3.05, 3.63) is 0 Å². The second-order valence-corrected chi connectivity index (χ2v) is 8.99. The molecule has 0 amide bonds. The van der Waals surface area contributed by atoms with Gasteiger partial charge in [0.05, 0.1) is 6.07 Å². The van der Waals surface area contributed by atoms with Gasteiger partial charge in [0.1, 0.15) is 8.24 Å². The average molecular weight is 184 g/mol. The molecule has 0 saturated heterocycles. The first-order valence-corrected chi connectivity index (χ1v) is 8.09. The summed E-state index contributed by atoms with van der Waals surface area (Å²) >= 11 is 0. The van der Waals surface area contributed by atoms with Gasteiger partial charge in [-0.1, -0.05) is 26.6 Å². The van der Waals surface area contributed by atoms with Crippen LogP contribution in [0.2, 0.25) is 19.6 Å². The first-order chi connectivity index (χ1) is 5.52. The van der Waals surface area contributed by atoms with Gasteiger partial charge in [0.25, 0.3) is 0 Å². The fraction of sp³-hybridized carbons (Fsp3) is 0.889. The molecule has 0 atom stereocenters. The van der Waals surface area contributed by atoms with Gasteiger partial charge in [-0.25, -0.2) is 0 Å². The van der Waals surface area contributed by atoms with Crippen LogP contribution in [0.1, 0.15) is 19.8 Å². The van der Waals surface area contributed by atoms with Crippen molar-refractivity contribution in [2.24, 2.45) is 0 Å². The Morgan fingerprint density at radius 3 is 2.25 bits per heavy atom. The fourth-order valence-corrected chi connectivity index (χ4v) is 3.09. The van der Waals surface area contributed by atoms with Gasteiger partial charge in [-0.15, -0.1) is 0 Å². The Balaban J connectivity index is 3.78. The Bertz CT molecular complexity index is 155. The van der Waals surface area contributed by atoms with Gasteiger partial charge in [-0.3, -0.25) is 0 Å². The Kier molecular flexibility index (Phi) is 5.19. The molecule has 0 spiro atoms. The number of hydrogen-bond donors (Lipinski definition) is 0. The van der Waals surface area contributed by atoms with Gasteiger partial charge in [0.2, 0.25) is 0 Å². The summed E-state index contributed by atoms with van der Waals surface area (Å²) in [5, 5.41) is 8.40. The highest BCUT2D eigenvalue weighted by Gasteiger charge is 2.20. The third-order valence-electron chi connectivity index (χ3n) is 2.05. The molecule has 0 rings (SSSR count). The van der Waals surface area contributed by atoms with Crippen LogP contribution >= 0.6 is 0 Å². The van der Waals surface area contributed by atoms with Gasteiger partial charge in [-0.05, 0) is 19.5 Å². The number of hydrogen-bond acceptors (Lipinski definition) is 2. The van der Waals surface area contributed by atoms with E-state index in [1.54, 1.807) is 0 Å². The molecule has 0 unspecified atom stereocenters. The zero-order valence-electron chi connectivity index (χ0n) is 8.72. The molecule has 0 N–H and O–H groups in total. The van der Waals surface area contributed by atoms with Gasteiger partial charge in [0.15, 0.2) is 0 Å². The van der Waals surface area contributed by atoms with Crippen LogP contribution in [0, 0.1) is 11.3 Å². The van der Waals surface area contributed by atoms with Crippen molar-refractivity contribution in [2.45, 2.75) is 39.4 Å². The van der Waals surface area contributed by atoms with Crippen molar-refractivity contribution in [2.75, 3.05) is 13.1 Å². The summed E-state index contributed by atoms with van der Waals surface area (Å²) in [6.07, 6.45) is 1.72. The average Bonchev–Trinajstić information content (AvgIpc) is 1.95. The minimum atomic E-state index is -1.11. The maximum Gasteiger partial charge on any atom is 0.119 e. The highest BCUT2D eigenvalue weighted by molar-refractivity contribution is 6.73. The molecule has 0 aromatic rings. The molecule has 0 bridgehead atoms. The van der Waals surface area contributed by atoms with E-state index in [9.17, 15) is 0 Å². The summed E-state index contributed by atoms with van der Waals surface area (Å²) in [5.74, 6) is 0. The van der Waals surface area contributed by atoms with Crippen LogP contribution in [0.25, 0.3) is 0 Å². The smallest absolute Gasteiger partial charge is 0.119 e. The molecule has 12 heavy (non-hydrogen) atoms. The molecule has 0 fully saturated rings. The predicted octanol–water partition coefficient (Wildman–Crippen LogP) is 2.45. The third kappa shape index (κ3) is 4.53. The topological polar surface area (TPSA) is 27.0 Å². The van der Waals surface area contributed by atoms with E-state index >= 15 is 0 Å². The Morgan fingerprint density at radius 1 is 1.33 bits per heavy atom. The fourth-order valence-electron chi connectivity index (χ4n) is 1.32. The molecule has 0 aliphatic carbocycles. The molecule has 2 nitrogen and oxygen atoms in total. The third-order valence-corrected chi connectivity index (χ3v) is 4.48. The van der Waals surface area contributed by atoms with E-state index < -0.39 is 8.24 Å². The minimum Gasteiger partial charge on any atom is -0.324 e. The molecule has 0 aromatic carbocycles. The lowest BCUT2D eigenvalue weighted by Gasteiger charge is -2.32. The quantitative estimate of drug-likeness (QED) is 0.485. The summed E-state index contributed by atoms with van der Waals surface area (Å²) in [5.41, 5.74) is 0. The zero-order chi connectivity index (χ0) is 9.61. The maximum atomic E-state index is 8.40. The molecule has 0 heterocycles. The normalized spacial score (nSPS) is 11.7. The van der Waals surface area contributed by atoms with Crippen LogP contribution < -0.4 is 0 Å². The summed E-state index contributed by atoms with van der Waals surface area (Å²) in [4.78, 5) is 0. The predicted molar refractivity (Wildman–Crippen MR) is 55.4 cm³/mol. The lowest BCUT2D eigenvalue weighted by Crippen LogP contribution is -2.46. The first kappa shape index (κ1) is 11.7. The molecule has 0 saturated carbocycles. The van der Waals surface area contributed by atoms with E-state index in [1.165, 1.54) is 0 Å². The van der Waals surface area contributed by atoms with Gasteiger partial charge in [0, 0.05) is 6.42 Å². The molecular weight excluding hydrogens is 164 g/mol. The van der Waals surface area contributed by atoms with Gasteiger partial charge >= 0.3 is 0 Å². The minimum absolute atomic E-state index is 0.695. The van der Waals surface area contributed by atoms with E-state index in [1.807, 2.05) is 0 Å². The van der Waals surface area contributed by atoms with Crippen LogP contribution in [0.5, 0.6) is 0 Å². The van der Waals surface area contributed by atoms with Crippen LogP contribution in [0.4, 0.5) is 0 Å². The summed E-state index contributed by atoms with van der Waals surface area (Å²) in [7, 11) is -1.11. The molecule has 0 aromatic heterocycles. The standard InChI is InChI=1S/C9H20N2Si/c1-5-11(12(2,3)4)9-7-6-8-10/h5-7,9H2,1-4H3. The van der Waals surface area contributed by atoms with Gasteiger partial charge in [-0.2, -0.15) is 5.26 Å². The van der Waals surface area contributed by atoms with E-state index in [2.05, 4.69) is 37.2 Å². The van der Waals surface area contributed by atoms with E-state index in [-0.39, 0.29) is 0 Å². The number of unbranched alkanes of at least 4 members (excludes halogenated alkanes) is 1. The lowest BCUT2D eigenvalue weighted by atomic mass is 10.3. The van der Waals surface area contributed by atoms with Crippen molar-refractivity contribution in [1.29, 1.82) is 5.26 Å². The largest absolute Gasteiger partial charge is 0.324 e. The lowest BCUT2D eigenvalue weighted by molar-refractivity contribution is 0.437. The Labute approximate surface area is 77.3 Å². The van der Waals surface area contributed by atoms with E-state index in [4.69, 9.17) is 5.26 Å². The van der Waals surface area contributed by atoms with Crippen molar-refractivity contribution < 1.29 is 0 Å². The Morgan fingerprint density at radius 2 is 1.92 bits per heavy atom. The molecule has 70 valence electrons. The second kappa shape index (κ2) is 5.34. The number of nitriles is 1. The van der Waals surface area contributed by atoms with Crippen molar-refractivity contribution in [3.8, 4) is 6.07 Å². The summed E-state index contributed by atoms with van der Waals surface area (Å²) < 4.78 is 2.53. The zero-order valence-corrected chi connectivity index (χ0v) is 9.72. The summed E-state index contributed by atoms with van der Waals surface area (Å²) in [6.45, 7) is 11.5. The maximum absolute atomic E-state index is 8.40. The van der Waals surface area contributed by atoms with Crippen molar-refractivity contribution >= 4 is 8.24 Å². The number of rotatable bonds is 5. The molecule has 3 heteroatoms. The van der Waals surface area contributed by atoms with Gasteiger partial charge < -0.3 is 4.57 Å². The monoisotopic (exact) mass is 184 g/mol. The van der Waals surface area contributed by atoms with Crippen molar-refractivity contribution in [1.82, 2.24) is 4.57 Å². The van der Waals surface area contributed by atoms with Crippen LogP contribution in [0.15, 0.2) is 0 Å².